The van der Waals surface area contributed by atoms with Gasteiger partial charge in [0.15, 0.2) is 0 Å². The summed E-state index contributed by atoms with van der Waals surface area (Å²) in [5.41, 5.74) is 5.70. The number of ether oxygens (including phenoxy) is 1. The second-order valence-corrected chi connectivity index (χ2v) is 9.68. The average Bonchev–Trinajstić information content (AvgIpc) is 2.91. The van der Waals surface area contributed by atoms with Gasteiger partial charge in [-0.15, -0.1) is 18.3 Å². The number of para-hydroxylation sites is 1. The molecule has 2 aromatic rings. The topological polar surface area (TPSA) is 15.7 Å². The third-order valence-corrected chi connectivity index (χ3v) is 8.04. The van der Waals surface area contributed by atoms with Crippen molar-refractivity contribution in [1.82, 2.24) is 4.90 Å². The van der Waals surface area contributed by atoms with E-state index >= 15 is 0 Å². The largest absolute Gasteiger partial charge is 0.493 e. The van der Waals surface area contributed by atoms with Gasteiger partial charge in [0.05, 0.1) is 6.61 Å². The maximum absolute atomic E-state index is 6.04. The molecule has 0 saturated carbocycles. The number of rotatable bonds is 5. The van der Waals surface area contributed by atoms with E-state index in [0.29, 0.717) is 18.6 Å². The second kappa shape index (κ2) is 8.68. The molecule has 3 aliphatic heterocycles. The highest BCUT2D eigenvalue weighted by atomic mass is 32.2. The Hall–Kier alpha value is -1.91. The standard InChI is InChI=1S/C26H32N2OS/c1-3-14-27-15-13-22-21-9-7-18-30-24-12-11-20(26(25(21)24)28(22)17-16-27)19-8-5-6-10-23(19)29-4-2/h3,5-6,8,10-12,21-22H,1,4,7,9,13-18H2,2H3. The van der Waals surface area contributed by atoms with Crippen LogP contribution < -0.4 is 9.64 Å². The van der Waals surface area contributed by atoms with Gasteiger partial charge in [-0.25, -0.2) is 0 Å². The lowest BCUT2D eigenvalue weighted by atomic mass is 9.88. The predicted octanol–water partition coefficient (Wildman–Crippen LogP) is 5.80. The smallest absolute Gasteiger partial charge is 0.127 e. The Labute approximate surface area is 185 Å². The van der Waals surface area contributed by atoms with Gasteiger partial charge in [0.25, 0.3) is 0 Å². The average molecular weight is 421 g/mol. The van der Waals surface area contributed by atoms with Gasteiger partial charge in [0.1, 0.15) is 5.75 Å². The van der Waals surface area contributed by atoms with Crippen molar-refractivity contribution >= 4 is 17.4 Å². The Morgan fingerprint density at radius 2 is 2.00 bits per heavy atom. The molecule has 1 fully saturated rings. The SMILES string of the molecule is C=CCN1CCC2C3CCCSc4ccc(-c5ccccc5OCC)c(c43)N2CC1. The van der Waals surface area contributed by atoms with Gasteiger partial charge >= 0.3 is 0 Å². The first-order chi connectivity index (χ1) is 14.8. The zero-order valence-corrected chi connectivity index (χ0v) is 18.8. The van der Waals surface area contributed by atoms with Gasteiger partial charge in [-0.05, 0) is 49.6 Å². The summed E-state index contributed by atoms with van der Waals surface area (Å²) in [4.78, 5) is 6.84. The van der Waals surface area contributed by atoms with E-state index in [1.165, 1.54) is 53.3 Å². The molecule has 0 radical (unpaired) electrons. The van der Waals surface area contributed by atoms with Crippen LogP contribution in [-0.4, -0.2) is 49.5 Å². The Bertz CT molecular complexity index is 927. The number of anilines is 1. The van der Waals surface area contributed by atoms with Crippen molar-refractivity contribution in [1.29, 1.82) is 0 Å². The van der Waals surface area contributed by atoms with Crippen LogP contribution in [0.1, 0.15) is 37.7 Å². The summed E-state index contributed by atoms with van der Waals surface area (Å²) in [6, 6.07) is 13.9. The van der Waals surface area contributed by atoms with Gasteiger partial charge in [-0.3, -0.25) is 4.90 Å². The Morgan fingerprint density at radius 1 is 1.10 bits per heavy atom. The van der Waals surface area contributed by atoms with Gasteiger partial charge in [-0.2, -0.15) is 0 Å². The van der Waals surface area contributed by atoms with Crippen molar-refractivity contribution in [2.24, 2.45) is 0 Å². The first kappa shape index (κ1) is 20.0. The second-order valence-electron chi connectivity index (χ2n) is 8.54. The van der Waals surface area contributed by atoms with Gasteiger partial charge < -0.3 is 9.64 Å². The molecule has 0 aromatic heterocycles. The Kier molecular flexibility index (Phi) is 5.79. The summed E-state index contributed by atoms with van der Waals surface area (Å²) in [5, 5.41) is 0. The molecule has 3 nitrogen and oxygen atoms in total. The van der Waals surface area contributed by atoms with Crippen molar-refractivity contribution < 1.29 is 4.74 Å². The van der Waals surface area contributed by atoms with Crippen molar-refractivity contribution in [2.45, 2.75) is 43.0 Å². The van der Waals surface area contributed by atoms with E-state index < -0.39 is 0 Å². The van der Waals surface area contributed by atoms with Crippen LogP contribution in [-0.2, 0) is 0 Å². The Morgan fingerprint density at radius 3 is 2.87 bits per heavy atom. The summed E-state index contributed by atoms with van der Waals surface area (Å²) in [6.45, 7) is 11.1. The van der Waals surface area contributed by atoms with Crippen LogP contribution in [0.5, 0.6) is 5.75 Å². The lowest BCUT2D eigenvalue weighted by Crippen LogP contribution is -2.35. The Balaban J connectivity index is 1.64. The normalized spacial score (nSPS) is 23.3. The molecular formula is C26H32N2OS. The van der Waals surface area contributed by atoms with Crippen LogP contribution >= 0.6 is 11.8 Å². The highest BCUT2D eigenvalue weighted by Crippen LogP contribution is 2.55. The van der Waals surface area contributed by atoms with Gasteiger partial charge in [0.2, 0.25) is 0 Å². The molecule has 4 heteroatoms. The zero-order valence-electron chi connectivity index (χ0n) is 18.0. The summed E-state index contributed by atoms with van der Waals surface area (Å²) >= 11 is 2.06. The van der Waals surface area contributed by atoms with Crippen LogP contribution in [0.3, 0.4) is 0 Å². The van der Waals surface area contributed by atoms with E-state index in [0.717, 1.165) is 25.4 Å². The molecule has 5 rings (SSSR count). The summed E-state index contributed by atoms with van der Waals surface area (Å²) in [5.74, 6) is 2.90. The number of hydrogen-bond acceptors (Lipinski definition) is 4. The van der Waals surface area contributed by atoms with E-state index in [1.54, 1.807) is 5.56 Å². The molecular weight excluding hydrogens is 388 g/mol. The molecule has 0 aliphatic carbocycles. The molecule has 2 atom stereocenters. The lowest BCUT2D eigenvalue weighted by Gasteiger charge is -2.29. The van der Waals surface area contributed by atoms with Crippen molar-refractivity contribution in [2.75, 3.05) is 43.4 Å². The molecule has 3 heterocycles. The van der Waals surface area contributed by atoms with Crippen LogP contribution in [0.15, 0.2) is 53.9 Å². The summed E-state index contributed by atoms with van der Waals surface area (Å²) < 4.78 is 6.04. The first-order valence-corrected chi connectivity index (χ1v) is 12.4. The van der Waals surface area contributed by atoms with Crippen LogP contribution in [0.4, 0.5) is 5.69 Å². The molecule has 1 saturated heterocycles. The molecule has 3 aliphatic rings. The minimum absolute atomic E-state index is 0.618. The van der Waals surface area contributed by atoms with Crippen molar-refractivity contribution in [3.63, 3.8) is 0 Å². The number of nitrogens with zero attached hydrogens (tertiary/aromatic N) is 2. The fourth-order valence-corrected chi connectivity index (χ4v) is 6.74. The number of hydrogen-bond donors (Lipinski definition) is 0. The molecule has 0 amide bonds. The van der Waals surface area contributed by atoms with E-state index in [-0.39, 0.29) is 0 Å². The molecule has 2 unspecified atom stereocenters. The van der Waals surface area contributed by atoms with Crippen LogP contribution in [0.25, 0.3) is 11.1 Å². The summed E-state index contributed by atoms with van der Waals surface area (Å²) in [7, 11) is 0. The summed E-state index contributed by atoms with van der Waals surface area (Å²) in [6.07, 6.45) is 5.92. The zero-order chi connectivity index (χ0) is 20.5. The van der Waals surface area contributed by atoms with E-state index in [4.69, 9.17) is 4.74 Å². The molecule has 0 spiro atoms. The number of benzene rings is 2. The number of thioether (sulfide) groups is 1. The highest BCUT2D eigenvalue weighted by Gasteiger charge is 2.43. The minimum atomic E-state index is 0.618. The fraction of sp³-hybridized carbons (Fsp3) is 0.462. The van der Waals surface area contributed by atoms with Crippen molar-refractivity contribution in [3.8, 4) is 16.9 Å². The molecule has 158 valence electrons. The van der Waals surface area contributed by atoms with E-state index in [2.05, 4.69) is 77.5 Å². The van der Waals surface area contributed by atoms with Gasteiger partial charge in [0, 0.05) is 59.8 Å². The third-order valence-electron chi connectivity index (χ3n) is 6.88. The maximum atomic E-state index is 6.04. The lowest BCUT2D eigenvalue weighted by molar-refractivity contribution is 0.317. The maximum Gasteiger partial charge on any atom is 0.127 e. The van der Waals surface area contributed by atoms with Gasteiger partial charge in [-0.1, -0.05) is 30.3 Å². The third kappa shape index (κ3) is 3.44. The molecule has 0 N–H and O–H groups in total. The predicted molar refractivity (Wildman–Crippen MR) is 128 cm³/mol. The first-order valence-electron chi connectivity index (χ1n) is 11.4. The van der Waals surface area contributed by atoms with Crippen molar-refractivity contribution in [3.05, 3.63) is 54.6 Å². The van der Waals surface area contributed by atoms with E-state index in [9.17, 15) is 0 Å². The minimum Gasteiger partial charge on any atom is -0.493 e. The monoisotopic (exact) mass is 420 g/mol. The quantitative estimate of drug-likeness (QED) is 0.568. The van der Waals surface area contributed by atoms with Crippen LogP contribution in [0.2, 0.25) is 0 Å². The van der Waals surface area contributed by atoms with E-state index in [1.807, 2.05) is 0 Å². The molecule has 0 bridgehead atoms. The molecule has 30 heavy (non-hydrogen) atoms. The molecule has 2 aromatic carbocycles. The van der Waals surface area contributed by atoms with Crippen LogP contribution in [0, 0.1) is 0 Å². The highest BCUT2D eigenvalue weighted by molar-refractivity contribution is 7.99. The number of fused-ring (bicyclic) bond motifs is 3. The fourth-order valence-electron chi connectivity index (χ4n) is 5.64.